The molecule has 0 fully saturated rings. The number of carboxylic acids is 1. The minimum absolute atomic E-state index is 0.121. The second-order valence-electron chi connectivity index (χ2n) is 4.62. The molecule has 2 aromatic rings. The fourth-order valence-corrected chi connectivity index (χ4v) is 2.13. The van der Waals surface area contributed by atoms with Gasteiger partial charge in [0.2, 0.25) is 0 Å². The first-order valence-corrected chi connectivity index (χ1v) is 6.09. The largest absolute Gasteiger partial charge is 0.477 e. The van der Waals surface area contributed by atoms with E-state index in [0.717, 1.165) is 6.42 Å². The molecule has 5 heteroatoms. The van der Waals surface area contributed by atoms with Crippen LogP contribution in [0.5, 0.6) is 0 Å². The summed E-state index contributed by atoms with van der Waals surface area (Å²) >= 11 is 0. The number of aromatic nitrogens is 2. The molecule has 3 N–H and O–H groups in total. The van der Waals surface area contributed by atoms with E-state index in [0.29, 0.717) is 12.1 Å². The van der Waals surface area contributed by atoms with E-state index in [1.54, 1.807) is 7.05 Å². The molecule has 0 atom stereocenters. The van der Waals surface area contributed by atoms with Crippen LogP contribution in [-0.2, 0) is 19.9 Å². The smallest absolute Gasteiger partial charge is 0.341 e. The van der Waals surface area contributed by atoms with Gasteiger partial charge in [-0.2, -0.15) is 5.10 Å². The number of carboxylic acid groups (broad SMARTS) is 1. The lowest BCUT2D eigenvalue weighted by Gasteiger charge is -2.02. The maximum absolute atomic E-state index is 11.2. The molecule has 0 aliphatic rings. The van der Waals surface area contributed by atoms with Crippen LogP contribution in [0.3, 0.4) is 0 Å². The molecule has 19 heavy (non-hydrogen) atoms. The summed E-state index contributed by atoms with van der Waals surface area (Å²) < 4.78 is 1.41. The Kier molecular flexibility index (Phi) is 3.55. The third-order valence-corrected chi connectivity index (χ3v) is 3.11. The standard InChI is InChI=1S/C14H17N3O2/c1-9-4-3-5-10(8-9)6-7-11-12(14(18)19)13(15)17(2)16-11/h3-5,8H,6-7,15H2,1-2H3,(H,18,19). The molecular weight excluding hydrogens is 242 g/mol. The van der Waals surface area contributed by atoms with Gasteiger partial charge in [-0.3, -0.25) is 4.68 Å². The van der Waals surface area contributed by atoms with E-state index in [1.165, 1.54) is 15.8 Å². The van der Waals surface area contributed by atoms with Crippen LogP contribution < -0.4 is 5.73 Å². The molecule has 0 bridgehead atoms. The van der Waals surface area contributed by atoms with Crippen molar-refractivity contribution < 1.29 is 9.90 Å². The van der Waals surface area contributed by atoms with E-state index < -0.39 is 5.97 Å². The van der Waals surface area contributed by atoms with Gasteiger partial charge in [-0.25, -0.2) is 4.79 Å². The molecule has 0 spiro atoms. The van der Waals surface area contributed by atoms with Gasteiger partial charge >= 0.3 is 5.97 Å². The zero-order valence-electron chi connectivity index (χ0n) is 11.1. The molecule has 2 rings (SSSR count). The SMILES string of the molecule is Cc1cccc(CCc2nn(C)c(N)c2C(=O)O)c1. The van der Waals surface area contributed by atoms with Gasteiger partial charge in [-0.15, -0.1) is 0 Å². The summed E-state index contributed by atoms with van der Waals surface area (Å²) in [6.45, 7) is 2.03. The Labute approximate surface area is 111 Å². The number of hydrogen-bond donors (Lipinski definition) is 2. The van der Waals surface area contributed by atoms with E-state index in [-0.39, 0.29) is 11.4 Å². The van der Waals surface area contributed by atoms with Crippen molar-refractivity contribution >= 4 is 11.8 Å². The first-order valence-electron chi connectivity index (χ1n) is 6.09. The van der Waals surface area contributed by atoms with E-state index in [2.05, 4.69) is 11.2 Å². The normalized spacial score (nSPS) is 10.6. The molecule has 5 nitrogen and oxygen atoms in total. The van der Waals surface area contributed by atoms with Gasteiger partial charge in [0.15, 0.2) is 0 Å². The molecule has 1 aromatic heterocycles. The highest BCUT2D eigenvalue weighted by molar-refractivity contribution is 5.94. The van der Waals surface area contributed by atoms with Crippen LogP contribution >= 0.6 is 0 Å². The summed E-state index contributed by atoms with van der Waals surface area (Å²) in [5.74, 6) is -0.823. The summed E-state index contributed by atoms with van der Waals surface area (Å²) in [7, 11) is 1.65. The molecule has 1 aromatic carbocycles. The Morgan fingerprint density at radius 2 is 2.16 bits per heavy atom. The van der Waals surface area contributed by atoms with Crippen molar-refractivity contribution in [3.63, 3.8) is 0 Å². The van der Waals surface area contributed by atoms with Crippen LogP contribution in [0, 0.1) is 6.92 Å². The zero-order valence-corrected chi connectivity index (χ0v) is 11.1. The maximum atomic E-state index is 11.2. The van der Waals surface area contributed by atoms with Crippen LogP contribution in [-0.4, -0.2) is 20.9 Å². The Hall–Kier alpha value is -2.30. The van der Waals surface area contributed by atoms with Crippen LogP contribution in [0.15, 0.2) is 24.3 Å². The number of hydrogen-bond acceptors (Lipinski definition) is 3. The fourth-order valence-electron chi connectivity index (χ4n) is 2.13. The highest BCUT2D eigenvalue weighted by atomic mass is 16.4. The number of anilines is 1. The van der Waals surface area contributed by atoms with E-state index in [4.69, 9.17) is 10.8 Å². The van der Waals surface area contributed by atoms with Crippen LogP contribution in [0.1, 0.15) is 27.2 Å². The van der Waals surface area contributed by atoms with Crippen molar-refractivity contribution in [2.24, 2.45) is 7.05 Å². The van der Waals surface area contributed by atoms with Crippen LogP contribution in [0.2, 0.25) is 0 Å². The highest BCUT2D eigenvalue weighted by Crippen LogP contribution is 2.18. The lowest BCUT2D eigenvalue weighted by atomic mass is 10.0. The van der Waals surface area contributed by atoms with Gasteiger partial charge in [0.1, 0.15) is 11.4 Å². The van der Waals surface area contributed by atoms with Gasteiger partial charge in [0.25, 0.3) is 0 Å². The average Bonchev–Trinajstić information content (AvgIpc) is 2.63. The van der Waals surface area contributed by atoms with Gasteiger partial charge in [-0.05, 0) is 25.3 Å². The number of nitrogens with zero attached hydrogens (tertiary/aromatic N) is 2. The molecule has 0 aliphatic carbocycles. The summed E-state index contributed by atoms with van der Waals surface area (Å²) in [4.78, 5) is 11.2. The lowest BCUT2D eigenvalue weighted by Crippen LogP contribution is -2.05. The second-order valence-corrected chi connectivity index (χ2v) is 4.62. The van der Waals surface area contributed by atoms with Crippen LogP contribution in [0.4, 0.5) is 5.82 Å². The van der Waals surface area contributed by atoms with Crippen molar-refractivity contribution in [3.8, 4) is 0 Å². The number of carbonyl (C=O) groups is 1. The van der Waals surface area contributed by atoms with Gasteiger partial charge in [0, 0.05) is 7.05 Å². The third-order valence-electron chi connectivity index (χ3n) is 3.11. The predicted octanol–water partition coefficient (Wildman–Crippen LogP) is 1.79. The van der Waals surface area contributed by atoms with Crippen molar-refractivity contribution in [1.82, 2.24) is 9.78 Å². The molecule has 0 saturated carbocycles. The Bertz CT molecular complexity index is 617. The van der Waals surface area contributed by atoms with Crippen molar-refractivity contribution in [1.29, 1.82) is 0 Å². The summed E-state index contributed by atoms with van der Waals surface area (Å²) in [5, 5.41) is 13.3. The highest BCUT2D eigenvalue weighted by Gasteiger charge is 2.19. The zero-order chi connectivity index (χ0) is 14.0. The minimum Gasteiger partial charge on any atom is -0.477 e. The first kappa shape index (κ1) is 13.1. The molecule has 0 aliphatic heterocycles. The quantitative estimate of drug-likeness (QED) is 0.877. The fraction of sp³-hybridized carbons (Fsp3) is 0.286. The summed E-state index contributed by atoms with van der Waals surface area (Å²) in [6.07, 6.45) is 1.31. The topological polar surface area (TPSA) is 81.1 Å². The van der Waals surface area contributed by atoms with Gasteiger partial charge < -0.3 is 10.8 Å². The molecule has 1 heterocycles. The van der Waals surface area contributed by atoms with Gasteiger partial charge in [-0.1, -0.05) is 29.8 Å². The molecule has 0 saturated heterocycles. The monoisotopic (exact) mass is 259 g/mol. The Morgan fingerprint density at radius 1 is 1.42 bits per heavy atom. The molecule has 0 radical (unpaired) electrons. The van der Waals surface area contributed by atoms with Crippen molar-refractivity contribution in [3.05, 3.63) is 46.6 Å². The second kappa shape index (κ2) is 5.14. The number of rotatable bonds is 4. The maximum Gasteiger partial charge on any atom is 0.341 e. The van der Waals surface area contributed by atoms with Crippen molar-refractivity contribution in [2.75, 3.05) is 5.73 Å². The van der Waals surface area contributed by atoms with Gasteiger partial charge in [0.05, 0.1) is 5.69 Å². The lowest BCUT2D eigenvalue weighted by molar-refractivity contribution is 0.0697. The number of nitrogen functional groups attached to an aromatic ring is 1. The first-order chi connectivity index (χ1) is 8.99. The molecular formula is C14H17N3O2. The summed E-state index contributed by atoms with van der Waals surface area (Å²) in [6, 6.07) is 8.15. The summed E-state index contributed by atoms with van der Waals surface area (Å²) in [5.41, 5.74) is 8.73. The number of nitrogens with two attached hydrogens (primary N) is 1. The molecule has 100 valence electrons. The molecule has 0 unspecified atom stereocenters. The number of aromatic carboxylic acids is 1. The number of benzene rings is 1. The minimum atomic E-state index is -1.02. The predicted molar refractivity (Wildman–Crippen MR) is 73.2 cm³/mol. The third kappa shape index (κ3) is 2.76. The van der Waals surface area contributed by atoms with E-state index in [9.17, 15) is 4.79 Å². The van der Waals surface area contributed by atoms with E-state index >= 15 is 0 Å². The Balaban J connectivity index is 2.20. The van der Waals surface area contributed by atoms with Crippen LogP contribution in [0.25, 0.3) is 0 Å². The number of aryl methyl sites for hydroxylation is 4. The average molecular weight is 259 g/mol. The molecule has 0 amide bonds. The van der Waals surface area contributed by atoms with E-state index in [1.807, 2.05) is 25.1 Å². The van der Waals surface area contributed by atoms with Crippen molar-refractivity contribution in [2.45, 2.75) is 19.8 Å². The Morgan fingerprint density at radius 3 is 2.79 bits per heavy atom.